The number of benzene rings is 2. The van der Waals surface area contributed by atoms with Gasteiger partial charge < -0.3 is 23.8 Å². The summed E-state index contributed by atoms with van der Waals surface area (Å²) in [6, 6.07) is 13.4. The first-order valence-electron chi connectivity index (χ1n) is 13.0. The summed E-state index contributed by atoms with van der Waals surface area (Å²) in [4.78, 5) is 45.9. The molecule has 0 N–H and O–H groups in total. The van der Waals surface area contributed by atoms with Crippen LogP contribution in [0.1, 0.15) is 27.6 Å². The van der Waals surface area contributed by atoms with E-state index >= 15 is 0 Å². The van der Waals surface area contributed by atoms with E-state index in [4.69, 9.17) is 18.9 Å². The Morgan fingerprint density at radius 3 is 2.35 bits per heavy atom. The lowest BCUT2D eigenvalue weighted by Gasteiger charge is -2.35. The third-order valence-corrected chi connectivity index (χ3v) is 7.19. The summed E-state index contributed by atoms with van der Waals surface area (Å²) in [5, 5.41) is 1.76. The lowest BCUT2D eigenvalue weighted by atomic mass is 9.86. The van der Waals surface area contributed by atoms with Gasteiger partial charge in [0.15, 0.2) is 12.4 Å². The Labute approximate surface area is 232 Å². The summed E-state index contributed by atoms with van der Waals surface area (Å²) < 4.78 is 21.2. The number of carbonyl (C=O) groups excluding carboxylic acids is 3. The highest BCUT2D eigenvalue weighted by atomic mass is 16.6. The number of aromatic nitrogens is 1. The number of methoxy groups -OCH3 is 2. The SMILES string of the molecule is COC(=O)COC1=Cc2c(C(=O)CN3CCN(c4ccncc4)CC3)ccc3cccc(c23)C1OCC(=O)OC. The number of pyridine rings is 1. The first kappa shape index (κ1) is 27.3. The summed E-state index contributed by atoms with van der Waals surface area (Å²) in [5.41, 5.74) is 3.12. The van der Waals surface area contributed by atoms with Crippen LogP contribution in [0.15, 0.2) is 60.6 Å². The molecule has 40 heavy (non-hydrogen) atoms. The van der Waals surface area contributed by atoms with Crippen molar-refractivity contribution in [1.82, 2.24) is 9.88 Å². The van der Waals surface area contributed by atoms with Crippen LogP contribution in [-0.4, -0.2) is 87.8 Å². The van der Waals surface area contributed by atoms with E-state index in [0.717, 1.165) is 48.2 Å². The van der Waals surface area contributed by atoms with Crippen LogP contribution in [0.2, 0.25) is 0 Å². The van der Waals surface area contributed by atoms with Crippen LogP contribution < -0.4 is 4.90 Å². The molecule has 3 aromatic rings. The van der Waals surface area contributed by atoms with E-state index in [1.807, 2.05) is 42.5 Å². The van der Waals surface area contributed by atoms with E-state index in [-0.39, 0.29) is 25.5 Å². The van der Waals surface area contributed by atoms with E-state index in [0.29, 0.717) is 16.9 Å². The van der Waals surface area contributed by atoms with Crippen LogP contribution in [0.5, 0.6) is 0 Å². The molecule has 2 aliphatic rings. The predicted molar refractivity (Wildman–Crippen MR) is 148 cm³/mol. The third kappa shape index (κ3) is 5.83. The smallest absolute Gasteiger partial charge is 0.343 e. The fraction of sp³-hybridized carbons (Fsp3) is 0.333. The largest absolute Gasteiger partial charge is 0.483 e. The minimum atomic E-state index is -0.772. The quantitative estimate of drug-likeness (QED) is 0.279. The molecule has 0 bridgehead atoms. The standard InChI is InChI=1S/C30H31N3O7/c1-37-27(35)18-39-26-16-24-22(25(34)17-32-12-14-33(15-13-32)21-8-10-31-11-9-21)7-6-20-4-3-5-23(29(20)24)30(26)40-19-28(36)38-2/h3-11,16,30H,12-15,17-19H2,1-2H3. The predicted octanol–water partition coefficient (Wildman–Crippen LogP) is 3.01. The molecule has 1 unspecified atom stereocenters. The Balaban J connectivity index is 1.41. The highest BCUT2D eigenvalue weighted by Crippen LogP contribution is 2.41. The van der Waals surface area contributed by atoms with Crippen molar-refractivity contribution in [3.63, 3.8) is 0 Å². The van der Waals surface area contributed by atoms with Gasteiger partial charge >= 0.3 is 11.9 Å². The number of hydrogen-bond donors (Lipinski definition) is 0. The van der Waals surface area contributed by atoms with Crippen LogP contribution >= 0.6 is 0 Å². The highest BCUT2D eigenvalue weighted by Gasteiger charge is 2.31. The molecule has 10 heteroatoms. The lowest BCUT2D eigenvalue weighted by molar-refractivity contribution is -0.150. The summed E-state index contributed by atoms with van der Waals surface area (Å²) in [6.07, 6.45) is 4.53. The number of anilines is 1. The van der Waals surface area contributed by atoms with Gasteiger partial charge in [-0.05, 0) is 40.1 Å². The van der Waals surface area contributed by atoms with Gasteiger partial charge in [-0.3, -0.25) is 14.7 Å². The Hall–Kier alpha value is -4.28. The number of ether oxygens (including phenoxy) is 4. The normalized spacial score (nSPS) is 16.8. The molecule has 1 atom stereocenters. The summed E-state index contributed by atoms with van der Waals surface area (Å²) >= 11 is 0. The second-order valence-electron chi connectivity index (χ2n) is 9.54. The molecule has 1 saturated heterocycles. The molecule has 208 valence electrons. The molecular formula is C30H31N3O7. The first-order valence-corrected chi connectivity index (χ1v) is 13.0. The molecule has 0 saturated carbocycles. The monoisotopic (exact) mass is 545 g/mol. The highest BCUT2D eigenvalue weighted by molar-refractivity contribution is 6.08. The third-order valence-electron chi connectivity index (χ3n) is 7.19. The van der Waals surface area contributed by atoms with Gasteiger partial charge in [-0.15, -0.1) is 0 Å². The molecule has 1 aliphatic heterocycles. The molecule has 2 heterocycles. The van der Waals surface area contributed by atoms with Crippen LogP contribution in [0, 0.1) is 0 Å². The van der Waals surface area contributed by atoms with Crippen molar-refractivity contribution in [2.24, 2.45) is 0 Å². The molecule has 2 aromatic carbocycles. The molecule has 1 aliphatic carbocycles. The van der Waals surface area contributed by atoms with Gasteiger partial charge in [0.25, 0.3) is 0 Å². The van der Waals surface area contributed by atoms with Crippen molar-refractivity contribution in [3.05, 3.63) is 77.3 Å². The molecule has 0 spiro atoms. The van der Waals surface area contributed by atoms with Crippen molar-refractivity contribution in [1.29, 1.82) is 0 Å². The molecule has 0 amide bonds. The van der Waals surface area contributed by atoms with Crippen LogP contribution in [0.25, 0.3) is 16.8 Å². The summed E-state index contributed by atoms with van der Waals surface area (Å²) in [7, 11) is 2.56. The van der Waals surface area contributed by atoms with Crippen molar-refractivity contribution in [2.45, 2.75) is 6.10 Å². The maximum Gasteiger partial charge on any atom is 0.343 e. The number of ketones is 1. The number of Topliss-reactive ketones (excluding diaryl/α,β-unsaturated/α-hetero) is 1. The van der Waals surface area contributed by atoms with E-state index in [9.17, 15) is 14.4 Å². The molecule has 5 rings (SSSR count). The number of carbonyl (C=O) groups is 3. The number of piperazine rings is 1. The Morgan fingerprint density at radius 2 is 1.62 bits per heavy atom. The molecule has 10 nitrogen and oxygen atoms in total. The lowest BCUT2D eigenvalue weighted by Crippen LogP contribution is -2.48. The second kappa shape index (κ2) is 12.3. The second-order valence-corrected chi connectivity index (χ2v) is 9.54. The van der Waals surface area contributed by atoms with Gasteiger partial charge in [0.1, 0.15) is 18.5 Å². The topological polar surface area (TPSA) is 108 Å². The molecule has 1 aromatic heterocycles. The first-order chi connectivity index (χ1) is 19.5. The fourth-order valence-corrected chi connectivity index (χ4v) is 5.13. The van der Waals surface area contributed by atoms with Gasteiger partial charge in [-0.2, -0.15) is 0 Å². The van der Waals surface area contributed by atoms with Gasteiger partial charge in [-0.25, -0.2) is 9.59 Å². The average molecular weight is 546 g/mol. The zero-order chi connectivity index (χ0) is 28.1. The van der Waals surface area contributed by atoms with E-state index in [2.05, 4.69) is 14.8 Å². The number of hydrogen-bond acceptors (Lipinski definition) is 10. The van der Waals surface area contributed by atoms with E-state index in [1.165, 1.54) is 14.2 Å². The minimum Gasteiger partial charge on any atom is -0.483 e. The van der Waals surface area contributed by atoms with Crippen molar-refractivity contribution < 1.29 is 33.3 Å². The van der Waals surface area contributed by atoms with Crippen LogP contribution in [0.3, 0.4) is 0 Å². The zero-order valence-electron chi connectivity index (χ0n) is 22.5. The van der Waals surface area contributed by atoms with Gasteiger partial charge in [0.05, 0.1) is 20.8 Å². The fourth-order valence-electron chi connectivity index (χ4n) is 5.13. The van der Waals surface area contributed by atoms with Crippen LogP contribution in [0.4, 0.5) is 5.69 Å². The minimum absolute atomic E-state index is 0.0124. The maximum atomic E-state index is 13.7. The zero-order valence-corrected chi connectivity index (χ0v) is 22.5. The van der Waals surface area contributed by atoms with Crippen molar-refractivity contribution in [3.8, 4) is 0 Å². The van der Waals surface area contributed by atoms with Crippen molar-refractivity contribution >= 4 is 40.3 Å². The molecular weight excluding hydrogens is 514 g/mol. The molecule has 0 radical (unpaired) electrons. The average Bonchev–Trinajstić information content (AvgIpc) is 3.00. The number of esters is 2. The summed E-state index contributed by atoms with van der Waals surface area (Å²) in [6.45, 7) is 2.77. The maximum absolute atomic E-state index is 13.7. The Morgan fingerprint density at radius 1 is 0.900 bits per heavy atom. The molecule has 1 fully saturated rings. The van der Waals surface area contributed by atoms with Gasteiger partial charge in [0, 0.05) is 49.8 Å². The Bertz CT molecular complexity index is 1430. The summed E-state index contributed by atoms with van der Waals surface area (Å²) in [5.74, 6) is -0.813. The van der Waals surface area contributed by atoms with Gasteiger partial charge in [0.2, 0.25) is 0 Å². The van der Waals surface area contributed by atoms with E-state index in [1.54, 1.807) is 18.5 Å². The number of nitrogens with zero attached hydrogens (tertiary/aromatic N) is 3. The van der Waals surface area contributed by atoms with Gasteiger partial charge in [-0.1, -0.05) is 30.3 Å². The van der Waals surface area contributed by atoms with Crippen LogP contribution in [-0.2, 0) is 28.5 Å². The van der Waals surface area contributed by atoms with Crippen molar-refractivity contribution in [2.75, 3.05) is 65.1 Å². The number of rotatable bonds is 10. The van der Waals surface area contributed by atoms with E-state index < -0.39 is 18.0 Å². The Kier molecular flexibility index (Phi) is 8.37.